The number of aryl methyl sites for hydroxylation is 2. The molecule has 1 aliphatic rings. The van der Waals surface area contributed by atoms with Gasteiger partial charge in [0, 0.05) is 24.1 Å². The van der Waals surface area contributed by atoms with Crippen molar-refractivity contribution in [3.8, 4) is 0 Å². The average molecular weight is 251 g/mol. The lowest BCUT2D eigenvalue weighted by molar-refractivity contribution is 0.0914. The molecule has 4 heteroatoms. The van der Waals surface area contributed by atoms with Crippen LogP contribution in [0.1, 0.15) is 46.7 Å². The van der Waals surface area contributed by atoms with E-state index < -0.39 is 0 Å². The summed E-state index contributed by atoms with van der Waals surface area (Å²) in [5.74, 6) is 1.58. The lowest BCUT2D eigenvalue weighted by atomic mass is 10.0. The predicted molar refractivity (Wildman–Crippen MR) is 68.6 cm³/mol. The summed E-state index contributed by atoms with van der Waals surface area (Å²) in [6.07, 6.45) is 3.01. The zero-order chi connectivity index (χ0) is 13.3. The quantitative estimate of drug-likeness (QED) is 0.864. The van der Waals surface area contributed by atoms with Gasteiger partial charge in [-0.2, -0.15) is 0 Å². The number of amides is 1. The molecule has 1 aromatic heterocycles. The monoisotopic (exact) mass is 251 g/mol. The Morgan fingerprint density at radius 3 is 2.61 bits per heavy atom. The molecule has 4 nitrogen and oxygen atoms in total. The fourth-order valence-corrected chi connectivity index (χ4v) is 2.81. The Morgan fingerprint density at radius 2 is 2.06 bits per heavy atom. The van der Waals surface area contributed by atoms with Crippen molar-refractivity contribution in [2.24, 2.45) is 5.92 Å². The second kappa shape index (κ2) is 5.14. The summed E-state index contributed by atoms with van der Waals surface area (Å²) >= 11 is 0. The first kappa shape index (κ1) is 13.1. The number of aliphatic hydroxyl groups excluding tert-OH is 1. The zero-order valence-electron chi connectivity index (χ0n) is 11.2. The molecule has 2 unspecified atom stereocenters. The summed E-state index contributed by atoms with van der Waals surface area (Å²) in [7, 11) is 0. The highest BCUT2D eigenvalue weighted by Gasteiger charge is 2.29. The van der Waals surface area contributed by atoms with Crippen molar-refractivity contribution < 1.29 is 14.3 Å². The standard InChI is InChI=1S/C14H21NO3/c1-8-9(2)18-10(3)13(8)14(17)15-12-6-4-5-11(12)7-16/h11-12,16H,4-7H2,1-3H3,(H,15,17). The maximum absolute atomic E-state index is 12.3. The highest BCUT2D eigenvalue weighted by Crippen LogP contribution is 2.26. The van der Waals surface area contributed by atoms with Crippen LogP contribution in [0.5, 0.6) is 0 Å². The molecule has 1 heterocycles. The van der Waals surface area contributed by atoms with Gasteiger partial charge in [-0.15, -0.1) is 0 Å². The molecule has 1 fully saturated rings. The number of rotatable bonds is 3. The molecule has 0 aromatic carbocycles. The fraction of sp³-hybridized carbons (Fsp3) is 0.643. The number of carbonyl (C=O) groups excluding carboxylic acids is 1. The van der Waals surface area contributed by atoms with Crippen molar-refractivity contribution in [1.82, 2.24) is 5.32 Å². The second-order valence-corrected chi connectivity index (χ2v) is 5.17. The minimum absolute atomic E-state index is 0.0767. The SMILES string of the molecule is Cc1oc(C)c(C(=O)NC2CCCC2CO)c1C. The molecule has 1 saturated carbocycles. The molecule has 0 spiro atoms. The van der Waals surface area contributed by atoms with Crippen LogP contribution in [0.4, 0.5) is 0 Å². The third kappa shape index (κ3) is 2.29. The maximum Gasteiger partial charge on any atom is 0.255 e. The topological polar surface area (TPSA) is 62.5 Å². The Balaban J connectivity index is 2.12. The van der Waals surface area contributed by atoms with Crippen LogP contribution in [-0.4, -0.2) is 23.7 Å². The highest BCUT2D eigenvalue weighted by molar-refractivity contribution is 5.97. The Morgan fingerprint density at radius 1 is 1.33 bits per heavy atom. The van der Waals surface area contributed by atoms with Crippen molar-refractivity contribution in [2.45, 2.75) is 46.1 Å². The van der Waals surface area contributed by atoms with E-state index in [1.54, 1.807) is 0 Å². The fourth-order valence-electron chi connectivity index (χ4n) is 2.81. The molecular formula is C14H21NO3. The summed E-state index contributed by atoms with van der Waals surface area (Å²) < 4.78 is 5.47. The number of aliphatic hydroxyl groups is 1. The molecule has 0 saturated heterocycles. The molecule has 100 valence electrons. The number of hydrogen-bond acceptors (Lipinski definition) is 3. The molecule has 18 heavy (non-hydrogen) atoms. The summed E-state index contributed by atoms with van der Waals surface area (Å²) in [6.45, 7) is 5.73. The molecule has 2 N–H and O–H groups in total. The third-order valence-corrected chi connectivity index (χ3v) is 4.00. The zero-order valence-corrected chi connectivity index (χ0v) is 11.2. The Labute approximate surface area is 107 Å². The van der Waals surface area contributed by atoms with Crippen LogP contribution < -0.4 is 5.32 Å². The molecule has 2 atom stereocenters. The van der Waals surface area contributed by atoms with E-state index in [0.717, 1.165) is 30.6 Å². The van der Waals surface area contributed by atoms with Crippen LogP contribution in [0, 0.1) is 26.7 Å². The minimum atomic E-state index is -0.0767. The van der Waals surface area contributed by atoms with Crippen LogP contribution in [-0.2, 0) is 0 Å². The van der Waals surface area contributed by atoms with Gasteiger partial charge in [-0.05, 0) is 33.6 Å². The van der Waals surface area contributed by atoms with Crippen molar-refractivity contribution in [2.75, 3.05) is 6.61 Å². The number of furan rings is 1. The molecule has 1 aliphatic carbocycles. The molecule has 2 rings (SSSR count). The predicted octanol–water partition coefficient (Wildman–Crippen LogP) is 2.10. The van der Waals surface area contributed by atoms with Crippen LogP contribution in [0.2, 0.25) is 0 Å². The Bertz CT molecular complexity index is 450. The first-order chi connectivity index (χ1) is 8.54. The first-order valence-electron chi connectivity index (χ1n) is 6.53. The first-order valence-corrected chi connectivity index (χ1v) is 6.53. The van der Waals surface area contributed by atoms with E-state index in [1.165, 1.54) is 0 Å². The van der Waals surface area contributed by atoms with E-state index in [9.17, 15) is 9.90 Å². The van der Waals surface area contributed by atoms with Crippen molar-refractivity contribution >= 4 is 5.91 Å². The lowest BCUT2D eigenvalue weighted by Gasteiger charge is -2.19. The molecular weight excluding hydrogens is 230 g/mol. The number of nitrogens with one attached hydrogen (secondary N) is 1. The smallest absolute Gasteiger partial charge is 0.255 e. The van der Waals surface area contributed by atoms with Crippen LogP contribution in [0.15, 0.2) is 4.42 Å². The van der Waals surface area contributed by atoms with Gasteiger partial charge in [0.15, 0.2) is 0 Å². The average Bonchev–Trinajstić information content (AvgIpc) is 2.85. The van der Waals surface area contributed by atoms with Crippen LogP contribution in [0.3, 0.4) is 0 Å². The molecule has 1 amide bonds. The minimum Gasteiger partial charge on any atom is -0.466 e. The van der Waals surface area contributed by atoms with Gasteiger partial charge in [0.05, 0.1) is 5.56 Å². The van der Waals surface area contributed by atoms with E-state index >= 15 is 0 Å². The Hall–Kier alpha value is -1.29. The number of hydrogen-bond donors (Lipinski definition) is 2. The van der Waals surface area contributed by atoms with Crippen molar-refractivity contribution in [3.63, 3.8) is 0 Å². The van der Waals surface area contributed by atoms with Crippen LogP contribution in [0.25, 0.3) is 0 Å². The normalized spacial score (nSPS) is 23.3. The van der Waals surface area contributed by atoms with Crippen molar-refractivity contribution in [3.05, 3.63) is 22.6 Å². The van der Waals surface area contributed by atoms with Crippen LogP contribution >= 0.6 is 0 Å². The van der Waals surface area contributed by atoms with E-state index in [2.05, 4.69) is 5.32 Å². The third-order valence-electron chi connectivity index (χ3n) is 4.00. The molecule has 1 aromatic rings. The molecule has 0 radical (unpaired) electrons. The van der Waals surface area contributed by atoms with Gasteiger partial charge in [-0.1, -0.05) is 6.42 Å². The van der Waals surface area contributed by atoms with Gasteiger partial charge in [-0.3, -0.25) is 4.79 Å². The van der Waals surface area contributed by atoms with E-state index in [4.69, 9.17) is 4.42 Å². The van der Waals surface area contributed by atoms with Gasteiger partial charge in [0.25, 0.3) is 5.91 Å². The van der Waals surface area contributed by atoms with E-state index in [-0.39, 0.29) is 24.5 Å². The highest BCUT2D eigenvalue weighted by atomic mass is 16.3. The van der Waals surface area contributed by atoms with E-state index in [1.807, 2.05) is 20.8 Å². The second-order valence-electron chi connectivity index (χ2n) is 5.17. The van der Waals surface area contributed by atoms with Gasteiger partial charge in [-0.25, -0.2) is 0 Å². The molecule has 0 bridgehead atoms. The summed E-state index contributed by atoms with van der Waals surface area (Å²) in [5, 5.41) is 12.3. The Kier molecular flexibility index (Phi) is 3.76. The maximum atomic E-state index is 12.3. The lowest BCUT2D eigenvalue weighted by Crippen LogP contribution is -2.38. The van der Waals surface area contributed by atoms with Gasteiger partial charge in [0.1, 0.15) is 11.5 Å². The van der Waals surface area contributed by atoms with Gasteiger partial charge in [0.2, 0.25) is 0 Å². The summed E-state index contributed by atoms with van der Waals surface area (Å²) in [6, 6.07) is 0.0940. The van der Waals surface area contributed by atoms with Gasteiger partial charge >= 0.3 is 0 Å². The summed E-state index contributed by atoms with van der Waals surface area (Å²) in [5.41, 5.74) is 1.56. The molecule has 0 aliphatic heterocycles. The largest absolute Gasteiger partial charge is 0.466 e. The van der Waals surface area contributed by atoms with Gasteiger partial charge < -0.3 is 14.8 Å². The number of carbonyl (C=O) groups is 1. The van der Waals surface area contributed by atoms with Crippen molar-refractivity contribution in [1.29, 1.82) is 0 Å². The van der Waals surface area contributed by atoms with E-state index in [0.29, 0.717) is 11.3 Å². The summed E-state index contributed by atoms with van der Waals surface area (Å²) in [4.78, 5) is 12.3.